The van der Waals surface area contributed by atoms with E-state index in [0.29, 0.717) is 12.0 Å². The molecule has 0 saturated heterocycles. The maximum atomic E-state index is 11.5. The number of unbranched alkanes of at least 4 members (excludes halogenated alkanes) is 1. The molecule has 0 spiro atoms. The Balaban J connectivity index is 3.08. The smallest absolute Gasteiger partial charge is 0.189 e. The van der Waals surface area contributed by atoms with E-state index in [-0.39, 0.29) is 22.9 Å². The summed E-state index contributed by atoms with van der Waals surface area (Å²) in [6, 6.07) is 0. The minimum Gasteiger partial charge on any atom is -0.294 e. The van der Waals surface area contributed by atoms with E-state index in [1.54, 1.807) is 0 Å². The van der Waals surface area contributed by atoms with E-state index in [1.807, 2.05) is 6.92 Å². The molecule has 0 aromatic rings. The Kier molecular flexibility index (Phi) is 3.72. The van der Waals surface area contributed by atoms with Crippen LogP contribution >= 0.6 is 0 Å². The van der Waals surface area contributed by atoms with E-state index >= 15 is 0 Å². The molecular weight excluding hydrogens is 192 g/mol. The Labute approximate surface area is 88.9 Å². The minimum absolute atomic E-state index is 0.0796. The molecule has 0 aromatic heterocycles. The van der Waals surface area contributed by atoms with Crippen LogP contribution in [0.25, 0.3) is 0 Å². The second-order valence-corrected chi connectivity index (χ2v) is 3.58. The van der Waals surface area contributed by atoms with Gasteiger partial charge in [-0.1, -0.05) is 13.3 Å². The van der Waals surface area contributed by atoms with Gasteiger partial charge in [0.2, 0.25) is 0 Å². The van der Waals surface area contributed by atoms with Crippen molar-refractivity contribution in [2.75, 3.05) is 0 Å². The summed E-state index contributed by atoms with van der Waals surface area (Å²) in [6.45, 7) is 3.32. The van der Waals surface area contributed by atoms with E-state index < -0.39 is 0 Å². The maximum Gasteiger partial charge on any atom is 0.189 e. The van der Waals surface area contributed by atoms with Gasteiger partial charge in [-0.3, -0.25) is 14.4 Å². The lowest BCUT2D eigenvalue weighted by atomic mass is 9.89. The van der Waals surface area contributed by atoms with Crippen molar-refractivity contribution in [1.29, 1.82) is 0 Å². The van der Waals surface area contributed by atoms with E-state index in [2.05, 4.69) is 0 Å². The van der Waals surface area contributed by atoms with Crippen molar-refractivity contribution < 1.29 is 14.4 Å². The molecule has 3 heteroatoms. The van der Waals surface area contributed by atoms with Crippen molar-refractivity contribution in [2.45, 2.75) is 33.1 Å². The monoisotopic (exact) mass is 206 g/mol. The predicted molar refractivity (Wildman–Crippen MR) is 56.4 cm³/mol. The molecule has 0 amide bonds. The van der Waals surface area contributed by atoms with Gasteiger partial charge < -0.3 is 0 Å². The Morgan fingerprint density at radius 2 is 1.80 bits per heavy atom. The minimum atomic E-state index is -0.340. The quantitative estimate of drug-likeness (QED) is 0.520. The highest BCUT2D eigenvalue weighted by Gasteiger charge is 2.24. The molecular formula is C12H14O3. The molecule has 0 radical (unpaired) electrons. The molecule has 0 unspecified atom stereocenters. The van der Waals surface area contributed by atoms with Crippen molar-refractivity contribution in [3.63, 3.8) is 0 Å². The molecule has 0 bridgehead atoms. The molecule has 0 aromatic carbocycles. The number of carbonyl (C=O) groups excluding carboxylic acids is 3. The summed E-state index contributed by atoms with van der Waals surface area (Å²) in [5.41, 5.74) is 0.466. The average molecular weight is 206 g/mol. The molecule has 80 valence electrons. The number of Topliss-reactive ketones (excluding diaryl/α,β-unsaturated/α-hetero) is 1. The Morgan fingerprint density at radius 3 is 2.33 bits per heavy atom. The topological polar surface area (TPSA) is 51.2 Å². The zero-order chi connectivity index (χ0) is 11.4. The van der Waals surface area contributed by atoms with Crippen LogP contribution in [-0.4, -0.2) is 17.3 Å². The molecule has 1 aliphatic rings. The van der Waals surface area contributed by atoms with Gasteiger partial charge in [-0.15, -0.1) is 0 Å². The van der Waals surface area contributed by atoms with Crippen LogP contribution in [0.15, 0.2) is 23.3 Å². The third-order valence-electron chi connectivity index (χ3n) is 2.36. The van der Waals surface area contributed by atoms with Crippen molar-refractivity contribution >= 4 is 17.3 Å². The molecule has 0 heterocycles. The van der Waals surface area contributed by atoms with Crippen LogP contribution in [0.2, 0.25) is 0 Å². The largest absolute Gasteiger partial charge is 0.294 e. The van der Waals surface area contributed by atoms with Gasteiger partial charge >= 0.3 is 0 Å². The molecule has 1 aliphatic carbocycles. The van der Waals surface area contributed by atoms with E-state index in [1.165, 1.54) is 19.1 Å². The van der Waals surface area contributed by atoms with Crippen molar-refractivity contribution in [2.24, 2.45) is 0 Å². The number of ketones is 3. The Morgan fingerprint density at radius 1 is 1.20 bits per heavy atom. The maximum absolute atomic E-state index is 11.5. The van der Waals surface area contributed by atoms with Gasteiger partial charge in [-0.05, 0) is 31.9 Å². The summed E-state index contributed by atoms with van der Waals surface area (Å²) in [6.07, 6.45) is 4.69. The van der Waals surface area contributed by atoms with Crippen LogP contribution in [0, 0.1) is 0 Å². The lowest BCUT2D eigenvalue weighted by Crippen LogP contribution is -2.19. The average Bonchev–Trinajstić information content (AvgIpc) is 2.18. The Bertz CT molecular complexity index is 372. The zero-order valence-corrected chi connectivity index (χ0v) is 9.00. The highest BCUT2D eigenvalue weighted by Crippen LogP contribution is 2.20. The first-order valence-electron chi connectivity index (χ1n) is 5.08. The third kappa shape index (κ3) is 2.49. The summed E-state index contributed by atoms with van der Waals surface area (Å²) in [4.78, 5) is 34.2. The van der Waals surface area contributed by atoms with Crippen LogP contribution in [0.1, 0.15) is 33.1 Å². The van der Waals surface area contributed by atoms with Crippen molar-refractivity contribution in [1.82, 2.24) is 0 Å². The van der Waals surface area contributed by atoms with Crippen LogP contribution in [0.3, 0.4) is 0 Å². The first-order chi connectivity index (χ1) is 7.07. The molecule has 15 heavy (non-hydrogen) atoms. The summed E-state index contributed by atoms with van der Waals surface area (Å²) >= 11 is 0. The number of hydrogen-bond donors (Lipinski definition) is 0. The Hall–Kier alpha value is -1.51. The lowest BCUT2D eigenvalue weighted by Gasteiger charge is -2.11. The van der Waals surface area contributed by atoms with Crippen LogP contribution in [0.4, 0.5) is 0 Å². The van der Waals surface area contributed by atoms with Crippen LogP contribution in [-0.2, 0) is 14.4 Å². The summed E-state index contributed by atoms with van der Waals surface area (Å²) in [5, 5.41) is 0. The number of hydrogen-bond acceptors (Lipinski definition) is 3. The predicted octanol–water partition coefficient (Wildman–Crippen LogP) is 1.77. The first-order valence-corrected chi connectivity index (χ1v) is 5.08. The zero-order valence-electron chi connectivity index (χ0n) is 9.00. The normalized spacial score (nSPS) is 16.1. The van der Waals surface area contributed by atoms with Gasteiger partial charge in [-0.2, -0.15) is 0 Å². The van der Waals surface area contributed by atoms with Gasteiger partial charge in [0.05, 0.1) is 5.57 Å². The van der Waals surface area contributed by atoms with E-state index in [9.17, 15) is 14.4 Å². The summed E-state index contributed by atoms with van der Waals surface area (Å²) < 4.78 is 0. The van der Waals surface area contributed by atoms with Gasteiger partial charge in [0.15, 0.2) is 17.3 Å². The van der Waals surface area contributed by atoms with E-state index in [4.69, 9.17) is 0 Å². The molecule has 0 aliphatic heterocycles. The lowest BCUT2D eigenvalue weighted by molar-refractivity contribution is -0.120. The van der Waals surface area contributed by atoms with Crippen LogP contribution < -0.4 is 0 Å². The highest BCUT2D eigenvalue weighted by molar-refractivity contribution is 6.31. The third-order valence-corrected chi connectivity index (χ3v) is 2.36. The highest BCUT2D eigenvalue weighted by atomic mass is 16.2. The van der Waals surface area contributed by atoms with Crippen molar-refractivity contribution in [3.8, 4) is 0 Å². The summed E-state index contributed by atoms with van der Waals surface area (Å²) in [5.74, 6) is -0.856. The van der Waals surface area contributed by atoms with Gasteiger partial charge in [0, 0.05) is 5.57 Å². The number of allylic oxidation sites excluding steroid dienone is 4. The summed E-state index contributed by atoms with van der Waals surface area (Å²) in [7, 11) is 0. The second kappa shape index (κ2) is 4.82. The van der Waals surface area contributed by atoms with Crippen LogP contribution in [0.5, 0.6) is 0 Å². The fourth-order valence-electron chi connectivity index (χ4n) is 1.59. The van der Waals surface area contributed by atoms with Gasteiger partial charge in [-0.25, -0.2) is 0 Å². The first kappa shape index (κ1) is 11.6. The number of rotatable bonds is 4. The second-order valence-electron chi connectivity index (χ2n) is 3.58. The molecule has 3 nitrogen and oxygen atoms in total. The van der Waals surface area contributed by atoms with Crippen molar-refractivity contribution in [3.05, 3.63) is 23.3 Å². The molecule has 0 N–H and O–H groups in total. The van der Waals surface area contributed by atoms with Gasteiger partial charge in [0.25, 0.3) is 0 Å². The number of carbonyl (C=O) groups is 3. The van der Waals surface area contributed by atoms with E-state index in [0.717, 1.165) is 12.8 Å². The van der Waals surface area contributed by atoms with Gasteiger partial charge in [0.1, 0.15) is 0 Å². The molecule has 1 rings (SSSR count). The standard InChI is InChI=1S/C12H14O3/c1-3-4-5-9-10(14)6-7-11(15)12(9)8(2)13/h6-7H,3-5H2,1-2H3. The molecule has 0 fully saturated rings. The molecule has 0 saturated carbocycles. The fraction of sp³-hybridized carbons (Fsp3) is 0.417. The SMILES string of the molecule is CCCCC1=C(C(C)=O)C(=O)C=CC1=O. The fourth-order valence-corrected chi connectivity index (χ4v) is 1.59. The molecule has 0 atom stereocenters.